The van der Waals surface area contributed by atoms with Crippen molar-refractivity contribution in [2.45, 2.75) is 26.8 Å². The summed E-state index contributed by atoms with van der Waals surface area (Å²) in [4.78, 5) is 26.1. The molecule has 0 amide bonds. The smallest absolute Gasteiger partial charge is 0.275 e. The molecular formula is C26H26IN5OS. The molecule has 0 atom stereocenters. The van der Waals surface area contributed by atoms with E-state index in [1.807, 2.05) is 25.1 Å². The van der Waals surface area contributed by atoms with Crippen molar-refractivity contribution in [1.82, 2.24) is 24.0 Å². The number of hydrogen-bond acceptors (Lipinski definition) is 5. The fourth-order valence-electron chi connectivity index (χ4n) is 4.18. The summed E-state index contributed by atoms with van der Waals surface area (Å²) in [6, 6.07) is 16.3. The maximum Gasteiger partial charge on any atom is 0.275 e. The van der Waals surface area contributed by atoms with Gasteiger partial charge in [0.25, 0.3) is 5.56 Å². The van der Waals surface area contributed by atoms with Crippen LogP contribution in [-0.2, 0) is 6.54 Å². The minimum absolute atomic E-state index is 0.0510. The van der Waals surface area contributed by atoms with Crippen LogP contribution in [-0.4, -0.2) is 44.1 Å². The highest BCUT2D eigenvalue weighted by Crippen LogP contribution is 2.31. The Labute approximate surface area is 216 Å². The van der Waals surface area contributed by atoms with Crippen molar-refractivity contribution in [3.05, 3.63) is 74.6 Å². The predicted octanol–water partition coefficient (Wildman–Crippen LogP) is 5.72. The number of hydrogen-bond donors (Lipinski definition) is 0. The van der Waals surface area contributed by atoms with Gasteiger partial charge in [-0.2, -0.15) is 0 Å². The molecule has 174 valence electrons. The average Bonchev–Trinajstić information content (AvgIpc) is 3.41. The molecule has 0 saturated carbocycles. The van der Waals surface area contributed by atoms with E-state index in [2.05, 4.69) is 81.3 Å². The summed E-state index contributed by atoms with van der Waals surface area (Å²) in [7, 11) is 2.14. The van der Waals surface area contributed by atoms with Gasteiger partial charge in [-0.1, -0.05) is 19.1 Å². The number of fused-ring (bicyclic) bond motifs is 2. The lowest BCUT2D eigenvalue weighted by Crippen LogP contribution is -2.20. The van der Waals surface area contributed by atoms with Gasteiger partial charge in [0.2, 0.25) is 0 Å². The number of aromatic nitrogens is 4. The van der Waals surface area contributed by atoms with Gasteiger partial charge in [-0.25, -0.2) is 9.97 Å². The lowest BCUT2D eigenvalue weighted by atomic mass is 10.2. The number of rotatable bonds is 7. The highest BCUT2D eigenvalue weighted by atomic mass is 127. The summed E-state index contributed by atoms with van der Waals surface area (Å²) in [6.45, 7) is 7.25. The third kappa shape index (κ3) is 4.42. The van der Waals surface area contributed by atoms with Crippen LogP contribution in [0.3, 0.4) is 0 Å². The second-order valence-electron chi connectivity index (χ2n) is 8.48. The second-order valence-corrected chi connectivity index (χ2v) is 10.8. The van der Waals surface area contributed by atoms with Gasteiger partial charge >= 0.3 is 0 Å². The van der Waals surface area contributed by atoms with E-state index in [0.717, 1.165) is 64.6 Å². The Kier molecular flexibility index (Phi) is 6.54. The summed E-state index contributed by atoms with van der Waals surface area (Å²) < 4.78 is 5.74. The zero-order chi connectivity index (χ0) is 23.8. The van der Waals surface area contributed by atoms with Gasteiger partial charge in [-0.15, -0.1) is 11.3 Å². The fourth-order valence-corrected chi connectivity index (χ4v) is 5.59. The molecule has 5 aromatic rings. The molecule has 0 saturated heterocycles. The normalized spacial score (nSPS) is 11.8. The molecule has 8 heteroatoms. The van der Waals surface area contributed by atoms with Crippen LogP contribution in [0.25, 0.3) is 37.4 Å². The van der Waals surface area contributed by atoms with E-state index in [-0.39, 0.29) is 5.56 Å². The minimum atomic E-state index is -0.0510. The first kappa shape index (κ1) is 23.2. The number of benzene rings is 2. The minimum Gasteiger partial charge on any atom is -0.328 e. The Hall–Kier alpha value is -2.56. The molecule has 6 nitrogen and oxygen atoms in total. The molecule has 0 spiro atoms. The number of aryl methyl sites for hydroxylation is 2. The van der Waals surface area contributed by atoms with Gasteiger partial charge < -0.3 is 9.47 Å². The van der Waals surface area contributed by atoms with Crippen LogP contribution in [0.15, 0.2) is 59.7 Å². The zero-order valence-corrected chi connectivity index (χ0v) is 22.4. The molecule has 5 rings (SSSR count). The molecule has 0 fully saturated rings. The Morgan fingerprint density at radius 3 is 2.65 bits per heavy atom. The van der Waals surface area contributed by atoms with Gasteiger partial charge in [0.05, 0.1) is 22.2 Å². The van der Waals surface area contributed by atoms with Crippen molar-refractivity contribution < 1.29 is 0 Å². The second kappa shape index (κ2) is 9.59. The average molecular weight is 583 g/mol. The van der Waals surface area contributed by atoms with Crippen LogP contribution in [0.2, 0.25) is 0 Å². The molecule has 0 aliphatic heterocycles. The topological polar surface area (TPSA) is 56.0 Å². The molecule has 0 aliphatic carbocycles. The summed E-state index contributed by atoms with van der Waals surface area (Å²) >= 11 is 3.79. The van der Waals surface area contributed by atoms with Crippen LogP contribution >= 0.6 is 33.9 Å². The van der Waals surface area contributed by atoms with Crippen molar-refractivity contribution in [3.8, 4) is 16.1 Å². The maximum atomic E-state index is 13.4. The highest BCUT2D eigenvalue weighted by molar-refractivity contribution is 14.1. The Morgan fingerprint density at radius 1 is 1.09 bits per heavy atom. The quantitative estimate of drug-likeness (QED) is 0.230. The number of nitrogens with zero attached hydrogens (tertiary/aromatic N) is 5. The van der Waals surface area contributed by atoms with Gasteiger partial charge in [0.1, 0.15) is 16.9 Å². The molecule has 0 bridgehead atoms. The number of thiophene rings is 1. The van der Waals surface area contributed by atoms with Crippen LogP contribution < -0.4 is 5.56 Å². The standard InChI is InChI=1S/C26H26IN5OS/c1-4-30(3)12-5-13-31-17(2)29-21-14-20(10-11-23(21)31)32-16-28-22-15-24(34-25(22)26(32)33)18-6-8-19(27)9-7-18/h6-11,14-16H,4-5,12-13H2,1-3H3. The highest BCUT2D eigenvalue weighted by Gasteiger charge is 2.14. The van der Waals surface area contributed by atoms with E-state index in [0.29, 0.717) is 4.70 Å². The van der Waals surface area contributed by atoms with Crippen molar-refractivity contribution in [2.75, 3.05) is 20.1 Å². The molecule has 3 aromatic heterocycles. The lowest BCUT2D eigenvalue weighted by Gasteiger charge is -2.14. The van der Waals surface area contributed by atoms with E-state index in [1.54, 1.807) is 10.9 Å². The third-order valence-electron chi connectivity index (χ3n) is 6.23. The lowest BCUT2D eigenvalue weighted by molar-refractivity contribution is 0.338. The summed E-state index contributed by atoms with van der Waals surface area (Å²) in [6.07, 6.45) is 2.69. The largest absolute Gasteiger partial charge is 0.328 e. The molecule has 2 aromatic carbocycles. The third-order valence-corrected chi connectivity index (χ3v) is 8.11. The van der Waals surface area contributed by atoms with Gasteiger partial charge in [-0.05, 0) is 98.0 Å². The van der Waals surface area contributed by atoms with Crippen molar-refractivity contribution in [1.29, 1.82) is 0 Å². The first-order valence-corrected chi connectivity index (χ1v) is 13.3. The number of imidazole rings is 1. The first-order valence-electron chi connectivity index (χ1n) is 11.4. The van der Waals surface area contributed by atoms with Crippen molar-refractivity contribution >= 4 is 55.2 Å². The number of halogens is 1. The zero-order valence-electron chi connectivity index (χ0n) is 19.5. The molecule has 0 aliphatic rings. The van der Waals surface area contributed by atoms with E-state index < -0.39 is 0 Å². The monoisotopic (exact) mass is 583 g/mol. The van der Waals surface area contributed by atoms with E-state index in [9.17, 15) is 4.79 Å². The summed E-state index contributed by atoms with van der Waals surface area (Å²) in [5.74, 6) is 0.993. The first-order chi connectivity index (χ1) is 16.4. The molecule has 0 radical (unpaired) electrons. The molecule has 0 N–H and O–H groups in total. The van der Waals surface area contributed by atoms with Crippen LogP contribution in [0.4, 0.5) is 0 Å². The molecule has 3 heterocycles. The Morgan fingerprint density at radius 2 is 1.88 bits per heavy atom. The predicted molar refractivity (Wildman–Crippen MR) is 149 cm³/mol. The van der Waals surface area contributed by atoms with Crippen LogP contribution in [0.1, 0.15) is 19.2 Å². The van der Waals surface area contributed by atoms with Crippen molar-refractivity contribution in [2.24, 2.45) is 0 Å². The van der Waals surface area contributed by atoms with E-state index in [4.69, 9.17) is 4.98 Å². The van der Waals surface area contributed by atoms with Crippen LogP contribution in [0.5, 0.6) is 0 Å². The van der Waals surface area contributed by atoms with E-state index in [1.165, 1.54) is 14.9 Å². The summed E-state index contributed by atoms with van der Waals surface area (Å²) in [5.41, 5.74) is 4.56. The van der Waals surface area contributed by atoms with Gasteiger partial charge in [0, 0.05) is 15.0 Å². The Bertz CT molecular complexity index is 1530. The molecule has 34 heavy (non-hydrogen) atoms. The molecule has 0 unspecified atom stereocenters. The van der Waals surface area contributed by atoms with Gasteiger partial charge in [-0.3, -0.25) is 9.36 Å². The molecular weight excluding hydrogens is 557 g/mol. The maximum absolute atomic E-state index is 13.4. The van der Waals surface area contributed by atoms with E-state index >= 15 is 0 Å². The Balaban J connectivity index is 1.48. The fraction of sp³-hybridized carbons (Fsp3) is 0.269. The van der Waals surface area contributed by atoms with Crippen LogP contribution in [0, 0.1) is 10.5 Å². The summed E-state index contributed by atoms with van der Waals surface area (Å²) in [5, 5.41) is 0. The van der Waals surface area contributed by atoms with Gasteiger partial charge in [0.15, 0.2) is 0 Å². The SMILES string of the molecule is CCN(C)CCCn1c(C)nc2cc(-n3cnc4cc(-c5ccc(I)cc5)sc4c3=O)ccc21. The van der Waals surface area contributed by atoms with Crippen molar-refractivity contribution in [3.63, 3.8) is 0 Å².